The Balaban J connectivity index is 0.000000294. The molecule has 1 aliphatic rings. The Kier molecular flexibility index (Phi) is 12.2. The number of alkyl halides is 1. The molecule has 0 radical (unpaired) electrons. The second kappa shape index (κ2) is 15.7. The van der Waals surface area contributed by atoms with Crippen LogP contribution in [0.4, 0.5) is 9.52 Å². The summed E-state index contributed by atoms with van der Waals surface area (Å²) in [6.07, 6.45) is 3.49. The highest BCUT2D eigenvalue weighted by Gasteiger charge is 2.28. The first-order chi connectivity index (χ1) is 17.8. The molecule has 3 N–H and O–H groups in total. The van der Waals surface area contributed by atoms with E-state index in [0.717, 1.165) is 4.88 Å². The van der Waals surface area contributed by atoms with E-state index in [4.69, 9.17) is 12.2 Å². The van der Waals surface area contributed by atoms with Gasteiger partial charge in [0.25, 0.3) is 0 Å². The molecule has 3 heterocycles. The molecule has 5 rings (SSSR count). The van der Waals surface area contributed by atoms with Crippen molar-refractivity contribution in [2.24, 2.45) is 0 Å². The van der Waals surface area contributed by atoms with E-state index >= 15 is 0 Å². The van der Waals surface area contributed by atoms with Crippen molar-refractivity contribution in [1.29, 1.82) is 0 Å². The van der Waals surface area contributed by atoms with Crippen LogP contribution >= 0.6 is 22.7 Å². The molecule has 37 heavy (non-hydrogen) atoms. The van der Waals surface area contributed by atoms with Gasteiger partial charge in [-0.25, -0.2) is 19.4 Å². The summed E-state index contributed by atoms with van der Waals surface area (Å²) in [5, 5.41) is 11.5. The Morgan fingerprint density at radius 1 is 1.05 bits per heavy atom. The van der Waals surface area contributed by atoms with E-state index < -0.39 is 25.1 Å². The molecule has 0 amide bonds. The number of aromatic nitrogens is 2. The van der Waals surface area contributed by atoms with Crippen molar-refractivity contribution in [2.45, 2.75) is 13.8 Å². The number of anilines is 1. The zero-order valence-corrected chi connectivity index (χ0v) is 20.1. The number of benzene rings is 2. The Labute approximate surface area is 221 Å². The van der Waals surface area contributed by atoms with Crippen molar-refractivity contribution in [3.63, 3.8) is 0 Å². The summed E-state index contributed by atoms with van der Waals surface area (Å²) in [6, 6.07) is 12.8. The van der Waals surface area contributed by atoms with E-state index in [1.807, 2.05) is 5.38 Å². The third-order valence-corrected chi connectivity index (χ3v) is 5.66. The van der Waals surface area contributed by atoms with Gasteiger partial charge in [0.15, 0.2) is 10.9 Å². The predicted octanol–water partition coefficient (Wildman–Crippen LogP) is 5.21. The zero-order chi connectivity index (χ0) is 27.2. The maximum atomic E-state index is 12.0. The number of nitrogens with two attached hydrogens (primary N) is 1. The largest absolute Gasteiger partial charge is 0.478 e. The molecule has 0 unspecified atom stereocenters. The van der Waals surface area contributed by atoms with Gasteiger partial charge in [0.05, 0.1) is 30.7 Å². The Morgan fingerprint density at radius 3 is 2.05 bits per heavy atom. The fraction of sp³-hybridized carbons (Fsp3) is 0.120. The molecule has 0 fully saturated rings. The van der Waals surface area contributed by atoms with Crippen LogP contribution < -0.4 is 5.73 Å². The Hall–Kier alpha value is -4.29. The van der Waals surface area contributed by atoms with Crippen molar-refractivity contribution < 1.29 is 34.8 Å². The number of ketones is 1. The number of cyclic esters (lactones) is 2. The number of Topliss-reactive ketones (excluding diaryl/α,β-unsaturated/α-hetero) is 1. The molecule has 12 heteroatoms. The lowest BCUT2D eigenvalue weighted by atomic mass is 10.0. The Bertz CT molecular complexity index is 1300. The number of carbonyl (C=O) groups excluding carboxylic acids is 3. The smallest absolute Gasteiger partial charge is 0.346 e. The van der Waals surface area contributed by atoms with Crippen molar-refractivity contribution in [3.05, 3.63) is 98.9 Å². The van der Waals surface area contributed by atoms with Gasteiger partial charge in [-0.2, -0.15) is 0 Å². The minimum Gasteiger partial charge on any atom is -0.478 e. The molecular formula is C25H24FN3O6S2. The second-order valence-electron chi connectivity index (χ2n) is 6.51. The number of hydrogen-bond donors (Lipinski definition) is 2. The molecule has 2 aromatic carbocycles. The molecule has 9 nitrogen and oxygen atoms in total. The van der Waals surface area contributed by atoms with E-state index in [-0.39, 0.29) is 30.8 Å². The van der Waals surface area contributed by atoms with Crippen molar-refractivity contribution >= 4 is 51.5 Å². The number of rotatable bonds is 4. The molecule has 0 aliphatic carbocycles. The summed E-state index contributed by atoms with van der Waals surface area (Å²) in [6.45, 7) is 0. The van der Waals surface area contributed by atoms with Gasteiger partial charge in [-0.3, -0.25) is 14.2 Å². The number of thiazole rings is 2. The molecule has 4 aromatic rings. The van der Waals surface area contributed by atoms with Crippen molar-refractivity contribution in [1.82, 2.24) is 9.97 Å². The maximum absolute atomic E-state index is 12.0. The molecule has 0 bridgehead atoms. The van der Waals surface area contributed by atoms with Crippen LogP contribution in [0.3, 0.4) is 0 Å². The van der Waals surface area contributed by atoms with Gasteiger partial charge in [-0.15, -0.1) is 22.7 Å². The van der Waals surface area contributed by atoms with E-state index in [0.29, 0.717) is 16.3 Å². The molecule has 194 valence electrons. The first kappa shape index (κ1) is 28.9. The van der Waals surface area contributed by atoms with Crippen LogP contribution in [0.25, 0.3) is 0 Å². The normalized spacial score (nSPS) is 10.9. The highest BCUT2D eigenvalue weighted by molar-refractivity contribution is 7.13. The van der Waals surface area contributed by atoms with E-state index in [2.05, 4.69) is 14.7 Å². The van der Waals surface area contributed by atoms with Gasteiger partial charge in [-0.05, 0) is 18.2 Å². The second-order valence-corrected chi connectivity index (χ2v) is 8.41. The van der Waals surface area contributed by atoms with Crippen LogP contribution in [0.1, 0.15) is 55.1 Å². The summed E-state index contributed by atoms with van der Waals surface area (Å²) in [7, 11) is -1.00. The fourth-order valence-corrected chi connectivity index (χ4v) is 3.74. The summed E-state index contributed by atoms with van der Waals surface area (Å²) in [5.41, 5.74) is 7.83. The van der Waals surface area contributed by atoms with Gasteiger partial charge in [0.1, 0.15) is 0 Å². The topological polar surface area (TPSA) is 150 Å². The third kappa shape index (κ3) is 9.02. The molecule has 0 spiro atoms. The van der Waals surface area contributed by atoms with Gasteiger partial charge >= 0.3 is 17.9 Å². The zero-order valence-electron chi connectivity index (χ0n) is 19.5. The first-order valence-electron chi connectivity index (χ1n) is 10.6. The monoisotopic (exact) mass is 546 g/mol. The van der Waals surface area contributed by atoms with Crippen LogP contribution in [-0.2, 0) is 11.2 Å². The number of aromatic carboxylic acids is 1. The molecule has 0 saturated heterocycles. The average Bonchev–Trinajstić information content (AvgIpc) is 3.64. The highest BCUT2D eigenvalue weighted by Crippen LogP contribution is 2.18. The number of nitrogens with zero attached hydrogens (tertiary/aromatic N) is 2. The maximum Gasteiger partial charge on any atom is 0.346 e. The molecule has 2 aromatic heterocycles. The SMILES string of the molecule is C.Nc1nccs1.O=C(O)c1ccccc1C(=O)Cc1cncs1.O=C1OC(=O)c2ccccc21.[2H]CF. The molecule has 0 saturated carbocycles. The lowest BCUT2D eigenvalue weighted by molar-refractivity contribution is 0.0443. The molecule has 0 atom stereocenters. The summed E-state index contributed by atoms with van der Waals surface area (Å²) in [5.74, 6) is -2.39. The number of halogens is 1. The van der Waals surface area contributed by atoms with Gasteiger partial charge < -0.3 is 15.6 Å². The average molecular weight is 547 g/mol. The lowest BCUT2D eigenvalue weighted by Gasteiger charge is -2.03. The number of carboxylic acid groups (broad SMARTS) is 1. The first-order valence-corrected chi connectivity index (χ1v) is 11.6. The van der Waals surface area contributed by atoms with Crippen LogP contribution in [0.5, 0.6) is 0 Å². The Morgan fingerprint density at radius 2 is 1.62 bits per heavy atom. The summed E-state index contributed by atoms with van der Waals surface area (Å²) in [4.78, 5) is 53.0. The lowest BCUT2D eigenvalue weighted by Crippen LogP contribution is -2.10. The summed E-state index contributed by atoms with van der Waals surface area (Å²) < 4.78 is 19.9. The number of fused-ring (bicyclic) bond motifs is 1. The van der Waals surface area contributed by atoms with E-state index in [9.17, 15) is 23.6 Å². The van der Waals surface area contributed by atoms with E-state index in [1.165, 1.54) is 34.8 Å². The number of nitrogen functional groups attached to an aromatic ring is 1. The van der Waals surface area contributed by atoms with Crippen LogP contribution in [0.15, 0.2) is 71.8 Å². The van der Waals surface area contributed by atoms with Gasteiger partial charge in [0.2, 0.25) is 0 Å². The van der Waals surface area contributed by atoms with Crippen molar-refractivity contribution in [2.75, 3.05) is 12.9 Å². The van der Waals surface area contributed by atoms with Crippen molar-refractivity contribution in [3.8, 4) is 0 Å². The number of ether oxygens (including phenoxy) is 1. The predicted molar refractivity (Wildman–Crippen MR) is 140 cm³/mol. The van der Waals surface area contributed by atoms with Crippen LogP contribution in [-0.4, -0.2) is 45.9 Å². The van der Waals surface area contributed by atoms with Gasteiger partial charge in [-0.1, -0.05) is 37.8 Å². The molecular weight excluding hydrogens is 521 g/mol. The number of carbonyl (C=O) groups is 4. The van der Waals surface area contributed by atoms with E-state index in [1.54, 1.807) is 54.3 Å². The van der Waals surface area contributed by atoms with Crippen LogP contribution in [0.2, 0.25) is 0 Å². The molecule has 1 aliphatic heterocycles. The number of carboxylic acids is 1. The minimum absolute atomic E-state index is 0. The minimum atomic E-state index is -1.08. The van der Waals surface area contributed by atoms with Gasteiger partial charge in [0, 0.05) is 34.6 Å². The quantitative estimate of drug-likeness (QED) is 0.200. The summed E-state index contributed by atoms with van der Waals surface area (Å²) >= 11 is 2.83. The number of hydrogen-bond acceptors (Lipinski definition) is 10. The fourth-order valence-electron chi connectivity index (χ4n) is 2.76. The standard InChI is InChI=1S/C12H9NO3S.C8H4O3.C3H4N2S.CH3F.CH4/c14-11(5-8-6-13-7-17-8)9-3-1-2-4-10(9)12(15)16;9-7-5-3-1-2-4-6(5)8(10)11-7;4-3-5-1-2-6-3;1-2;/h1-4,6-7H,5H2,(H,15,16);1-4H;1-2H,(H2,4,5);1H3;1H4/i;;;1D;. The third-order valence-electron chi connectivity index (χ3n) is 4.28. The highest BCUT2D eigenvalue weighted by atomic mass is 32.1. The van der Waals surface area contributed by atoms with Crippen LogP contribution in [0, 0.1) is 0 Å². The number of esters is 2.